The number of carbonyl (C=O) groups is 2. The van der Waals surface area contributed by atoms with Crippen LogP contribution in [0.1, 0.15) is 29.6 Å². The van der Waals surface area contributed by atoms with E-state index in [0.29, 0.717) is 43.0 Å². The highest BCUT2D eigenvalue weighted by atomic mass is 35.5. The molecule has 1 atom stereocenters. The van der Waals surface area contributed by atoms with E-state index in [1.165, 1.54) is 0 Å². The molecule has 0 aromatic heterocycles. The third-order valence-corrected chi connectivity index (χ3v) is 5.19. The molecule has 0 spiro atoms. The van der Waals surface area contributed by atoms with Crippen LogP contribution in [0.3, 0.4) is 0 Å². The number of carbonyl (C=O) groups excluding carboxylic acids is 2. The van der Waals surface area contributed by atoms with E-state index in [9.17, 15) is 9.59 Å². The molecular weight excluding hydrogens is 370 g/mol. The molecule has 0 radical (unpaired) electrons. The van der Waals surface area contributed by atoms with Crippen LogP contribution >= 0.6 is 12.4 Å². The van der Waals surface area contributed by atoms with Crippen LogP contribution in [0.5, 0.6) is 11.5 Å². The summed E-state index contributed by atoms with van der Waals surface area (Å²) in [5, 5.41) is 6.37. The van der Waals surface area contributed by atoms with Crippen LogP contribution < -0.4 is 20.1 Å². The molecule has 2 saturated heterocycles. The van der Waals surface area contributed by atoms with Gasteiger partial charge in [-0.25, -0.2) is 0 Å². The predicted octanol–water partition coefficient (Wildman–Crippen LogP) is 1.46. The molecule has 27 heavy (non-hydrogen) atoms. The number of rotatable bonds is 5. The molecule has 1 aromatic carbocycles. The molecule has 2 aliphatic heterocycles. The fraction of sp³-hybridized carbons (Fsp3) is 0.579. The van der Waals surface area contributed by atoms with E-state index in [1.54, 1.807) is 32.4 Å². The number of hydrogen-bond acceptors (Lipinski definition) is 5. The summed E-state index contributed by atoms with van der Waals surface area (Å²) in [5.41, 5.74) is 0.572. The number of piperidine rings is 1. The lowest BCUT2D eigenvalue weighted by Crippen LogP contribution is -2.45. The Morgan fingerprint density at radius 2 is 1.81 bits per heavy atom. The molecule has 0 saturated carbocycles. The Morgan fingerprint density at radius 1 is 1.11 bits per heavy atom. The standard InChI is InChI=1S/C19H27N3O4.ClH/c1-25-16-4-3-14(11-17(16)26-2)19(24)22-9-6-13(7-10-22)18(23)21-15-5-8-20-12-15;/h3-4,11,13,15,20H,5-10,12H2,1-2H3,(H,21,23);1H/t15-;/m1./s1. The number of amides is 2. The zero-order chi connectivity index (χ0) is 18.5. The highest BCUT2D eigenvalue weighted by Gasteiger charge is 2.29. The minimum absolute atomic E-state index is 0. The zero-order valence-electron chi connectivity index (χ0n) is 15.8. The molecule has 2 aliphatic rings. The molecule has 1 aromatic rings. The maximum atomic E-state index is 12.7. The second kappa shape index (κ2) is 9.80. The van der Waals surface area contributed by atoms with Gasteiger partial charge in [0.1, 0.15) is 0 Å². The van der Waals surface area contributed by atoms with Gasteiger partial charge in [0.2, 0.25) is 5.91 Å². The Hall–Kier alpha value is -1.99. The van der Waals surface area contributed by atoms with Crippen LogP contribution in [-0.2, 0) is 4.79 Å². The Morgan fingerprint density at radius 3 is 2.41 bits per heavy atom. The van der Waals surface area contributed by atoms with Crippen LogP contribution in [0, 0.1) is 5.92 Å². The normalized spacial score (nSPS) is 19.9. The number of likely N-dealkylation sites (tertiary alicyclic amines) is 1. The van der Waals surface area contributed by atoms with E-state index >= 15 is 0 Å². The Balaban J connectivity index is 0.00000261. The summed E-state index contributed by atoms with van der Waals surface area (Å²) in [6.07, 6.45) is 2.39. The maximum Gasteiger partial charge on any atom is 0.253 e. The lowest BCUT2D eigenvalue weighted by atomic mass is 9.95. The lowest BCUT2D eigenvalue weighted by Gasteiger charge is -2.32. The summed E-state index contributed by atoms with van der Waals surface area (Å²) >= 11 is 0. The van der Waals surface area contributed by atoms with Crippen LogP contribution in [-0.4, -0.2) is 63.2 Å². The largest absolute Gasteiger partial charge is 0.493 e. The molecule has 2 fully saturated rings. The van der Waals surface area contributed by atoms with Crippen molar-refractivity contribution >= 4 is 24.2 Å². The first-order valence-electron chi connectivity index (χ1n) is 9.14. The van der Waals surface area contributed by atoms with Crippen molar-refractivity contribution < 1.29 is 19.1 Å². The van der Waals surface area contributed by atoms with Gasteiger partial charge in [0.15, 0.2) is 11.5 Å². The van der Waals surface area contributed by atoms with E-state index in [0.717, 1.165) is 19.5 Å². The first kappa shape index (κ1) is 21.3. The van der Waals surface area contributed by atoms with Gasteiger partial charge in [-0.1, -0.05) is 0 Å². The number of hydrogen-bond donors (Lipinski definition) is 2. The van der Waals surface area contributed by atoms with Crippen molar-refractivity contribution in [2.45, 2.75) is 25.3 Å². The number of halogens is 1. The second-order valence-corrected chi connectivity index (χ2v) is 6.83. The molecule has 3 rings (SSSR count). The maximum absolute atomic E-state index is 12.7. The van der Waals surface area contributed by atoms with Gasteiger partial charge in [-0.05, 0) is 44.0 Å². The third-order valence-electron chi connectivity index (χ3n) is 5.19. The molecular formula is C19H28ClN3O4. The van der Waals surface area contributed by atoms with Crippen molar-refractivity contribution in [2.75, 3.05) is 40.4 Å². The van der Waals surface area contributed by atoms with Gasteiger partial charge < -0.3 is 25.0 Å². The summed E-state index contributed by atoms with van der Waals surface area (Å²) in [5.74, 6) is 1.21. The SMILES string of the molecule is COc1ccc(C(=O)N2CCC(C(=O)N[C@@H]3CCNC3)CC2)cc1OC.Cl. The molecule has 2 amide bonds. The highest BCUT2D eigenvalue weighted by Crippen LogP contribution is 2.29. The quantitative estimate of drug-likeness (QED) is 0.786. The first-order chi connectivity index (χ1) is 12.6. The van der Waals surface area contributed by atoms with E-state index in [2.05, 4.69) is 10.6 Å². The van der Waals surface area contributed by atoms with Crippen molar-refractivity contribution in [2.24, 2.45) is 5.92 Å². The average Bonchev–Trinajstić information content (AvgIpc) is 3.20. The van der Waals surface area contributed by atoms with Gasteiger partial charge in [0.25, 0.3) is 5.91 Å². The lowest BCUT2D eigenvalue weighted by molar-refractivity contribution is -0.126. The fourth-order valence-corrected chi connectivity index (χ4v) is 3.59. The number of methoxy groups -OCH3 is 2. The van der Waals surface area contributed by atoms with Crippen molar-refractivity contribution in [1.82, 2.24) is 15.5 Å². The summed E-state index contributed by atoms with van der Waals surface area (Å²) < 4.78 is 10.5. The van der Waals surface area contributed by atoms with Gasteiger partial charge >= 0.3 is 0 Å². The van der Waals surface area contributed by atoms with Crippen molar-refractivity contribution in [3.05, 3.63) is 23.8 Å². The molecule has 150 valence electrons. The van der Waals surface area contributed by atoms with Crippen molar-refractivity contribution in [3.8, 4) is 11.5 Å². The number of nitrogens with one attached hydrogen (secondary N) is 2. The molecule has 2 heterocycles. The first-order valence-corrected chi connectivity index (χ1v) is 9.14. The van der Waals surface area contributed by atoms with Crippen molar-refractivity contribution in [3.63, 3.8) is 0 Å². The summed E-state index contributed by atoms with van der Waals surface area (Å²) in [6.45, 7) is 2.99. The van der Waals surface area contributed by atoms with Crippen LogP contribution in [0.25, 0.3) is 0 Å². The van der Waals surface area contributed by atoms with Gasteiger partial charge in [-0.2, -0.15) is 0 Å². The van der Waals surface area contributed by atoms with E-state index < -0.39 is 0 Å². The summed E-state index contributed by atoms with van der Waals surface area (Å²) in [7, 11) is 3.12. The molecule has 0 unspecified atom stereocenters. The molecule has 2 N–H and O–H groups in total. The fourth-order valence-electron chi connectivity index (χ4n) is 3.59. The number of ether oxygens (including phenoxy) is 2. The molecule has 8 heteroatoms. The Bertz CT molecular complexity index is 656. The van der Waals surface area contributed by atoms with Crippen LogP contribution in [0.15, 0.2) is 18.2 Å². The molecule has 7 nitrogen and oxygen atoms in total. The van der Waals surface area contributed by atoms with Crippen molar-refractivity contribution in [1.29, 1.82) is 0 Å². The highest BCUT2D eigenvalue weighted by molar-refractivity contribution is 5.95. The van der Waals surface area contributed by atoms with Gasteiger partial charge in [-0.15, -0.1) is 12.4 Å². The minimum Gasteiger partial charge on any atom is -0.493 e. The number of nitrogens with zero attached hydrogens (tertiary/aromatic N) is 1. The molecule has 0 bridgehead atoms. The predicted molar refractivity (Wildman–Crippen MR) is 105 cm³/mol. The van der Waals surface area contributed by atoms with Gasteiger partial charge in [0.05, 0.1) is 14.2 Å². The van der Waals surface area contributed by atoms with E-state index in [1.807, 2.05) is 4.90 Å². The smallest absolute Gasteiger partial charge is 0.253 e. The average molecular weight is 398 g/mol. The van der Waals surface area contributed by atoms with Gasteiger partial charge in [0, 0.05) is 37.2 Å². The summed E-state index contributed by atoms with van der Waals surface area (Å²) in [4.78, 5) is 26.9. The van der Waals surface area contributed by atoms with Crippen LogP contribution in [0.4, 0.5) is 0 Å². The monoisotopic (exact) mass is 397 g/mol. The van der Waals surface area contributed by atoms with Crippen LogP contribution in [0.2, 0.25) is 0 Å². The van der Waals surface area contributed by atoms with Gasteiger partial charge in [-0.3, -0.25) is 9.59 Å². The zero-order valence-corrected chi connectivity index (χ0v) is 16.6. The number of benzene rings is 1. The second-order valence-electron chi connectivity index (χ2n) is 6.83. The minimum atomic E-state index is -0.0372. The van der Waals surface area contributed by atoms with E-state index in [-0.39, 0.29) is 36.2 Å². The third kappa shape index (κ3) is 5.05. The Labute approximate surface area is 166 Å². The Kier molecular flexibility index (Phi) is 7.74. The summed E-state index contributed by atoms with van der Waals surface area (Å²) in [6, 6.07) is 5.43. The molecule has 0 aliphatic carbocycles. The van der Waals surface area contributed by atoms with E-state index in [4.69, 9.17) is 9.47 Å². The topological polar surface area (TPSA) is 79.9 Å².